The highest BCUT2D eigenvalue weighted by Gasteiger charge is 2.56. The first-order valence-electron chi connectivity index (χ1n) is 8.72. The highest BCUT2D eigenvalue weighted by Crippen LogP contribution is 2.65. The van der Waals surface area contributed by atoms with Gasteiger partial charge in [-0.25, -0.2) is 0 Å². The van der Waals surface area contributed by atoms with Crippen molar-refractivity contribution in [1.29, 1.82) is 0 Å². The molecule has 2 heteroatoms. The Bertz CT molecular complexity index is 522. The molecule has 0 saturated heterocycles. The molecule has 1 nitrogen and oxygen atoms in total. The van der Waals surface area contributed by atoms with Gasteiger partial charge in [0.2, 0.25) is 0 Å². The number of hydrogen-bond acceptors (Lipinski definition) is 1. The van der Waals surface area contributed by atoms with Gasteiger partial charge in [-0.15, -0.1) is 0 Å². The lowest BCUT2D eigenvalue weighted by molar-refractivity contribution is -0.117. The van der Waals surface area contributed by atoms with Gasteiger partial charge in [0.25, 0.3) is 0 Å². The van der Waals surface area contributed by atoms with Crippen molar-refractivity contribution in [2.24, 2.45) is 28.6 Å². The summed E-state index contributed by atoms with van der Waals surface area (Å²) >= 11 is 6.42. The molecule has 21 heavy (non-hydrogen) atoms. The summed E-state index contributed by atoms with van der Waals surface area (Å²) in [4.78, 5) is 12.0. The highest BCUT2D eigenvalue weighted by molar-refractivity contribution is 6.43. The van der Waals surface area contributed by atoms with Gasteiger partial charge in [0.15, 0.2) is 5.78 Å². The molecule has 0 heterocycles. The van der Waals surface area contributed by atoms with E-state index in [4.69, 9.17) is 11.6 Å². The van der Waals surface area contributed by atoms with Crippen LogP contribution in [-0.2, 0) is 4.79 Å². The number of carbonyl (C=O) groups is 1. The molecule has 4 aliphatic carbocycles. The van der Waals surface area contributed by atoms with Crippen LogP contribution in [0.25, 0.3) is 0 Å². The summed E-state index contributed by atoms with van der Waals surface area (Å²) < 4.78 is 0. The number of carbonyl (C=O) groups excluding carboxylic acids is 1. The lowest BCUT2D eigenvalue weighted by Gasteiger charge is -2.57. The van der Waals surface area contributed by atoms with Crippen LogP contribution < -0.4 is 0 Å². The van der Waals surface area contributed by atoms with Crippen molar-refractivity contribution in [2.45, 2.75) is 65.2 Å². The van der Waals surface area contributed by atoms with E-state index in [9.17, 15) is 4.79 Å². The quantitative estimate of drug-likeness (QED) is 0.594. The van der Waals surface area contributed by atoms with Crippen molar-refractivity contribution >= 4 is 17.4 Å². The predicted molar refractivity (Wildman–Crippen MR) is 85.8 cm³/mol. The molecule has 0 spiro atoms. The van der Waals surface area contributed by atoms with Crippen LogP contribution in [0.4, 0.5) is 0 Å². The van der Waals surface area contributed by atoms with Gasteiger partial charge in [0.1, 0.15) is 0 Å². The summed E-state index contributed by atoms with van der Waals surface area (Å²) in [6.45, 7) is 4.90. The van der Waals surface area contributed by atoms with Crippen LogP contribution in [0.1, 0.15) is 65.2 Å². The van der Waals surface area contributed by atoms with Gasteiger partial charge in [-0.2, -0.15) is 0 Å². The molecule has 0 N–H and O–H groups in total. The van der Waals surface area contributed by atoms with Crippen molar-refractivity contribution in [3.63, 3.8) is 0 Å². The first-order valence-corrected chi connectivity index (χ1v) is 9.10. The number of allylic oxidation sites excluding steroid dienone is 1. The van der Waals surface area contributed by atoms with Crippen molar-refractivity contribution < 1.29 is 4.79 Å². The number of ketones is 1. The molecular formula is C19H26ClO. The van der Waals surface area contributed by atoms with Crippen LogP contribution in [0.3, 0.4) is 0 Å². The molecule has 0 bridgehead atoms. The topological polar surface area (TPSA) is 17.1 Å². The summed E-state index contributed by atoms with van der Waals surface area (Å²) in [5, 5.41) is 0.605. The van der Waals surface area contributed by atoms with Gasteiger partial charge in [0, 0.05) is 6.42 Å². The third-order valence-electron chi connectivity index (χ3n) is 7.58. The van der Waals surface area contributed by atoms with E-state index in [1.165, 1.54) is 37.7 Å². The van der Waals surface area contributed by atoms with Crippen LogP contribution in [0.2, 0.25) is 0 Å². The van der Waals surface area contributed by atoms with Crippen LogP contribution in [0, 0.1) is 35.0 Å². The number of Topliss-reactive ketones (excluding diaryl/α,β-unsaturated/α-hetero) is 1. The minimum absolute atomic E-state index is 0.192. The van der Waals surface area contributed by atoms with Crippen LogP contribution >= 0.6 is 11.6 Å². The maximum Gasteiger partial charge on any atom is 0.174 e. The van der Waals surface area contributed by atoms with Crippen LogP contribution in [-0.4, -0.2) is 5.78 Å². The minimum atomic E-state index is 0.192. The average Bonchev–Trinajstić information content (AvgIpc) is 2.85. The molecule has 0 amide bonds. The average molecular weight is 306 g/mol. The molecule has 4 aliphatic rings. The maximum atomic E-state index is 12.0. The minimum Gasteiger partial charge on any atom is -0.293 e. The van der Waals surface area contributed by atoms with Crippen molar-refractivity contribution in [3.8, 4) is 0 Å². The molecule has 5 atom stereocenters. The first kappa shape index (κ1) is 14.3. The molecule has 0 aromatic carbocycles. The molecule has 115 valence electrons. The molecule has 0 aromatic rings. The molecule has 3 fully saturated rings. The lowest BCUT2D eigenvalue weighted by Crippen LogP contribution is -2.49. The lowest BCUT2D eigenvalue weighted by atomic mass is 9.47. The SMILES string of the molecule is C[C@@]12[CH]CC[C@H]1[C@@H]1CCC3=C(Cl)C(=O)CC[C@]3(C)[C@@H]1CC2. The molecule has 4 rings (SSSR count). The van der Waals surface area contributed by atoms with E-state index < -0.39 is 0 Å². The fraction of sp³-hybridized carbons (Fsp3) is 0.789. The Hall–Kier alpha value is -0.300. The van der Waals surface area contributed by atoms with Crippen LogP contribution in [0.5, 0.6) is 0 Å². The fourth-order valence-electron chi connectivity index (χ4n) is 6.39. The van der Waals surface area contributed by atoms with E-state index in [-0.39, 0.29) is 11.2 Å². The van der Waals surface area contributed by atoms with Gasteiger partial charge in [-0.1, -0.05) is 25.4 Å². The monoisotopic (exact) mass is 305 g/mol. The number of fused-ring (bicyclic) bond motifs is 5. The summed E-state index contributed by atoms with van der Waals surface area (Å²) in [6, 6.07) is 0. The summed E-state index contributed by atoms with van der Waals surface area (Å²) in [5.74, 6) is 2.69. The Labute approximate surface area is 133 Å². The molecule has 1 radical (unpaired) electrons. The van der Waals surface area contributed by atoms with Crippen LogP contribution in [0.15, 0.2) is 10.6 Å². The molecular weight excluding hydrogens is 280 g/mol. The van der Waals surface area contributed by atoms with E-state index in [1.54, 1.807) is 0 Å². The number of rotatable bonds is 0. The first-order chi connectivity index (χ1) is 9.96. The highest BCUT2D eigenvalue weighted by atomic mass is 35.5. The van der Waals surface area contributed by atoms with E-state index in [0.29, 0.717) is 16.9 Å². The zero-order chi connectivity index (χ0) is 14.8. The van der Waals surface area contributed by atoms with Gasteiger partial charge < -0.3 is 0 Å². The molecule has 3 saturated carbocycles. The third-order valence-corrected chi connectivity index (χ3v) is 8.02. The standard InChI is InChI=1S/C19H26ClO/c1-18-9-3-4-13(18)12-5-6-15-17(20)16(21)8-11-19(15,2)14(12)7-10-18/h9,12-14H,3-8,10-11H2,1-2H3/t12-,13-,14+,18-,19+/m0/s1. The van der Waals surface area contributed by atoms with Gasteiger partial charge in [-0.05, 0) is 85.5 Å². The third kappa shape index (κ3) is 1.85. The van der Waals surface area contributed by atoms with Crippen molar-refractivity contribution in [3.05, 3.63) is 17.0 Å². The Morgan fingerprint density at radius 2 is 1.90 bits per heavy atom. The fourth-order valence-corrected chi connectivity index (χ4v) is 6.79. The van der Waals surface area contributed by atoms with E-state index in [2.05, 4.69) is 20.3 Å². The van der Waals surface area contributed by atoms with Gasteiger partial charge in [0.05, 0.1) is 5.03 Å². The second-order valence-corrected chi connectivity index (χ2v) is 8.75. The summed E-state index contributed by atoms with van der Waals surface area (Å²) in [6.07, 6.45) is 12.0. The zero-order valence-corrected chi connectivity index (χ0v) is 14.0. The van der Waals surface area contributed by atoms with Crippen molar-refractivity contribution in [1.82, 2.24) is 0 Å². The molecule has 0 unspecified atom stereocenters. The molecule has 0 aliphatic heterocycles. The summed E-state index contributed by atoms with van der Waals surface area (Å²) in [5.41, 5.74) is 2.01. The van der Waals surface area contributed by atoms with E-state index >= 15 is 0 Å². The number of hydrogen-bond donors (Lipinski definition) is 0. The van der Waals surface area contributed by atoms with E-state index in [1.807, 2.05) is 0 Å². The second-order valence-electron chi connectivity index (χ2n) is 8.37. The maximum absolute atomic E-state index is 12.0. The number of halogens is 1. The van der Waals surface area contributed by atoms with Gasteiger partial charge in [-0.3, -0.25) is 4.79 Å². The smallest absolute Gasteiger partial charge is 0.174 e. The predicted octanol–water partition coefficient (Wildman–Crippen LogP) is 5.29. The van der Waals surface area contributed by atoms with E-state index in [0.717, 1.165) is 30.6 Å². The summed E-state index contributed by atoms with van der Waals surface area (Å²) in [7, 11) is 0. The Morgan fingerprint density at radius 1 is 1.10 bits per heavy atom. The Morgan fingerprint density at radius 3 is 2.71 bits per heavy atom. The molecule has 0 aromatic heterocycles. The zero-order valence-electron chi connectivity index (χ0n) is 13.3. The Balaban J connectivity index is 1.72. The Kier molecular flexibility index (Phi) is 3.13. The normalized spacial score (nSPS) is 49.7. The largest absolute Gasteiger partial charge is 0.293 e. The second kappa shape index (κ2) is 4.60. The van der Waals surface area contributed by atoms with Crippen molar-refractivity contribution in [2.75, 3.05) is 0 Å². The van der Waals surface area contributed by atoms with Gasteiger partial charge >= 0.3 is 0 Å².